The second-order valence-corrected chi connectivity index (χ2v) is 5.50. The van der Waals surface area contributed by atoms with E-state index >= 15 is 0 Å². The van der Waals surface area contributed by atoms with Crippen LogP contribution in [0.5, 0.6) is 0 Å². The normalized spacial score (nSPS) is 12.0. The predicted molar refractivity (Wildman–Crippen MR) is 93.3 cm³/mol. The van der Waals surface area contributed by atoms with Crippen LogP contribution in [0.3, 0.4) is 0 Å². The molecule has 22 heavy (non-hydrogen) atoms. The Labute approximate surface area is 133 Å². The van der Waals surface area contributed by atoms with Gasteiger partial charge in [-0.25, -0.2) is 4.98 Å². The quantitative estimate of drug-likeness (QED) is 0.790. The first-order valence-corrected chi connectivity index (χ1v) is 8.14. The summed E-state index contributed by atoms with van der Waals surface area (Å²) in [7, 11) is 0. The number of nitrogens with zero attached hydrogens (tertiary/aromatic N) is 3. The summed E-state index contributed by atoms with van der Waals surface area (Å²) in [4.78, 5) is 11.4. The first-order valence-electron chi connectivity index (χ1n) is 8.14. The Morgan fingerprint density at radius 1 is 1.05 bits per heavy atom. The minimum absolute atomic E-state index is 0.183. The van der Waals surface area contributed by atoms with E-state index in [1.807, 2.05) is 18.3 Å². The molecule has 0 aliphatic rings. The Balaban J connectivity index is 2.10. The van der Waals surface area contributed by atoms with Crippen molar-refractivity contribution < 1.29 is 0 Å². The Kier molecular flexibility index (Phi) is 6.19. The van der Waals surface area contributed by atoms with Crippen LogP contribution in [0.15, 0.2) is 42.6 Å². The zero-order valence-corrected chi connectivity index (χ0v) is 13.8. The maximum atomic E-state index is 4.68. The molecule has 0 aliphatic heterocycles. The van der Waals surface area contributed by atoms with Crippen LogP contribution in [-0.4, -0.2) is 23.1 Å². The molecule has 0 aliphatic carbocycles. The molecule has 4 nitrogen and oxygen atoms in total. The molecule has 0 radical (unpaired) electrons. The third-order valence-corrected chi connectivity index (χ3v) is 3.60. The van der Waals surface area contributed by atoms with Crippen molar-refractivity contribution in [3.8, 4) is 0 Å². The first kappa shape index (κ1) is 16.3. The van der Waals surface area contributed by atoms with Crippen LogP contribution in [0.1, 0.15) is 45.2 Å². The molecule has 0 bridgehead atoms. The summed E-state index contributed by atoms with van der Waals surface area (Å²) in [5.74, 6) is 1.69. The van der Waals surface area contributed by atoms with E-state index in [1.54, 1.807) is 0 Å². The van der Waals surface area contributed by atoms with E-state index in [4.69, 9.17) is 0 Å². The van der Waals surface area contributed by atoms with Gasteiger partial charge in [0, 0.05) is 19.3 Å². The maximum Gasteiger partial charge on any atom is 0.225 e. The van der Waals surface area contributed by atoms with E-state index < -0.39 is 0 Å². The van der Waals surface area contributed by atoms with Gasteiger partial charge in [0.05, 0.1) is 6.04 Å². The van der Waals surface area contributed by atoms with Crippen molar-refractivity contribution in [2.24, 2.45) is 0 Å². The van der Waals surface area contributed by atoms with Gasteiger partial charge in [-0.1, -0.05) is 44.2 Å². The molecule has 0 saturated heterocycles. The number of hydrogen-bond donors (Lipinski definition) is 1. The highest BCUT2D eigenvalue weighted by atomic mass is 15.2. The minimum Gasteiger partial charge on any atom is -0.356 e. The Bertz CT molecular complexity index is 550. The Morgan fingerprint density at radius 2 is 1.73 bits per heavy atom. The van der Waals surface area contributed by atoms with Gasteiger partial charge < -0.3 is 10.2 Å². The second kappa shape index (κ2) is 8.37. The average molecular weight is 298 g/mol. The Hall–Kier alpha value is -2.10. The molecule has 4 heteroatoms. The fourth-order valence-corrected chi connectivity index (χ4v) is 2.49. The van der Waals surface area contributed by atoms with Gasteiger partial charge in [0.1, 0.15) is 5.82 Å². The number of aromatic nitrogens is 2. The minimum atomic E-state index is 0.183. The number of anilines is 2. The van der Waals surface area contributed by atoms with Gasteiger partial charge in [0.25, 0.3) is 0 Å². The lowest BCUT2D eigenvalue weighted by atomic mass is 10.1. The van der Waals surface area contributed by atoms with Crippen molar-refractivity contribution in [3.05, 3.63) is 48.2 Å². The summed E-state index contributed by atoms with van der Waals surface area (Å²) in [6.07, 6.45) is 4.07. The van der Waals surface area contributed by atoms with Crippen molar-refractivity contribution in [1.29, 1.82) is 0 Å². The zero-order valence-electron chi connectivity index (χ0n) is 13.8. The van der Waals surface area contributed by atoms with E-state index in [9.17, 15) is 0 Å². The molecule has 1 aromatic carbocycles. The maximum absolute atomic E-state index is 4.68. The third kappa shape index (κ3) is 4.45. The van der Waals surface area contributed by atoms with Crippen LogP contribution in [0.25, 0.3) is 0 Å². The lowest BCUT2D eigenvalue weighted by molar-refractivity contribution is 0.731. The van der Waals surface area contributed by atoms with Crippen LogP contribution in [0, 0.1) is 0 Å². The molecule has 0 spiro atoms. The summed E-state index contributed by atoms with van der Waals surface area (Å²) in [5.41, 5.74) is 1.23. The van der Waals surface area contributed by atoms with Gasteiger partial charge in [-0.15, -0.1) is 0 Å². The lowest BCUT2D eigenvalue weighted by Gasteiger charge is -2.23. The standard InChI is InChI=1S/C18H26N4/c1-4-13-22(14-5-2)17-11-12-19-18(21-17)20-15(3)16-9-7-6-8-10-16/h6-12,15H,4-5,13-14H2,1-3H3,(H,19,20,21). The van der Waals surface area contributed by atoms with Crippen LogP contribution in [-0.2, 0) is 0 Å². The van der Waals surface area contributed by atoms with Gasteiger partial charge >= 0.3 is 0 Å². The van der Waals surface area contributed by atoms with E-state index in [0.29, 0.717) is 5.95 Å². The molecule has 0 amide bonds. The first-order chi connectivity index (χ1) is 10.7. The molecular weight excluding hydrogens is 272 g/mol. The van der Waals surface area contributed by atoms with Crippen molar-refractivity contribution in [2.45, 2.75) is 39.7 Å². The van der Waals surface area contributed by atoms with Gasteiger partial charge in [0.15, 0.2) is 0 Å². The summed E-state index contributed by atoms with van der Waals surface area (Å²) >= 11 is 0. The van der Waals surface area contributed by atoms with Crippen molar-refractivity contribution in [2.75, 3.05) is 23.3 Å². The van der Waals surface area contributed by atoms with Gasteiger partial charge in [-0.3, -0.25) is 0 Å². The Morgan fingerprint density at radius 3 is 2.36 bits per heavy atom. The molecule has 2 aromatic rings. The van der Waals surface area contributed by atoms with Gasteiger partial charge in [0.2, 0.25) is 5.95 Å². The number of hydrogen-bond acceptors (Lipinski definition) is 4. The molecule has 1 N–H and O–H groups in total. The summed E-state index contributed by atoms with van der Waals surface area (Å²) in [5, 5.41) is 3.39. The lowest BCUT2D eigenvalue weighted by Crippen LogP contribution is -2.26. The highest BCUT2D eigenvalue weighted by Gasteiger charge is 2.10. The molecule has 0 fully saturated rings. The van der Waals surface area contributed by atoms with E-state index in [1.165, 1.54) is 5.56 Å². The molecule has 1 heterocycles. The van der Waals surface area contributed by atoms with Crippen LogP contribution >= 0.6 is 0 Å². The van der Waals surface area contributed by atoms with Crippen molar-refractivity contribution in [3.63, 3.8) is 0 Å². The molecule has 1 unspecified atom stereocenters. The molecule has 0 saturated carbocycles. The summed E-state index contributed by atoms with van der Waals surface area (Å²) in [6, 6.07) is 12.5. The monoisotopic (exact) mass is 298 g/mol. The summed E-state index contributed by atoms with van der Waals surface area (Å²) in [6.45, 7) is 8.57. The van der Waals surface area contributed by atoms with Crippen LogP contribution < -0.4 is 10.2 Å². The third-order valence-electron chi connectivity index (χ3n) is 3.60. The predicted octanol–water partition coefficient (Wildman–Crippen LogP) is 4.28. The van der Waals surface area contributed by atoms with E-state index in [-0.39, 0.29) is 6.04 Å². The molecule has 2 rings (SSSR count). The number of nitrogens with one attached hydrogen (secondary N) is 1. The number of rotatable bonds is 8. The van der Waals surface area contributed by atoms with Gasteiger partial charge in [-0.05, 0) is 31.4 Å². The number of benzene rings is 1. The molecule has 1 aromatic heterocycles. The van der Waals surface area contributed by atoms with Crippen LogP contribution in [0.4, 0.5) is 11.8 Å². The topological polar surface area (TPSA) is 41.1 Å². The van der Waals surface area contributed by atoms with Crippen LogP contribution in [0.2, 0.25) is 0 Å². The zero-order chi connectivity index (χ0) is 15.8. The summed E-state index contributed by atoms with van der Waals surface area (Å²) < 4.78 is 0. The SMILES string of the molecule is CCCN(CCC)c1ccnc(NC(C)c2ccccc2)n1. The highest BCUT2D eigenvalue weighted by Crippen LogP contribution is 2.18. The average Bonchev–Trinajstić information content (AvgIpc) is 2.56. The van der Waals surface area contributed by atoms with Gasteiger partial charge in [-0.2, -0.15) is 4.98 Å². The van der Waals surface area contributed by atoms with E-state index in [0.717, 1.165) is 31.7 Å². The van der Waals surface area contributed by atoms with E-state index in [2.05, 4.69) is 65.2 Å². The van der Waals surface area contributed by atoms with Crippen molar-refractivity contribution in [1.82, 2.24) is 9.97 Å². The smallest absolute Gasteiger partial charge is 0.225 e. The highest BCUT2D eigenvalue weighted by molar-refractivity contribution is 5.43. The molecule has 1 atom stereocenters. The fraction of sp³-hybridized carbons (Fsp3) is 0.444. The fourth-order valence-electron chi connectivity index (χ4n) is 2.49. The molecule has 118 valence electrons. The second-order valence-electron chi connectivity index (χ2n) is 5.50. The molecular formula is C18H26N4. The van der Waals surface area contributed by atoms with Crippen molar-refractivity contribution >= 4 is 11.8 Å². The largest absolute Gasteiger partial charge is 0.356 e.